The van der Waals surface area contributed by atoms with Gasteiger partial charge < -0.3 is 4.42 Å². The van der Waals surface area contributed by atoms with Crippen LogP contribution in [-0.2, 0) is 0 Å². The van der Waals surface area contributed by atoms with E-state index in [4.69, 9.17) is 19.4 Å². The van der Waals surface area contributed by atoms with Gasteiger partial charge in [0, 0.05) is 27.8 Å². The van der Waals surface area contributed by atoms with Crippen LogP contribution in [0.4, 0.5) is 0 Å². The first kappa shape index (κ1) is 28.2. The van der Waals surface area contributed by atoms with Crippen molar-refractivity contribution in [3.05, 3.63) is 170 Å². The van der Waals surface area contributed by atoms with Gasteiger partial charge in [-0.15, -0.1) is 0 Å². The lowest BCUT2D eigenvalue weighted by Gasteiger charge is -2.11. The fourth-order valence-corrected chi connectivity index (χ4v) is 6.96. The second kappa shape index (κ2) is 11.4. The smallest absolute Gasteiger partial charge is 0.180 e. The van der Waals surface area contributed by atoms with Crippen LogP contribution in [0, 0.1) is 0 Å². The van der Waals surface area contributed by atoms with Gasteiger partial charge in [-0.25, -0.2) is 15.0 Å². The SMILES string of the molecule is c1ccc(-n2c(-c3ccc(-c4cccc(-c5nc(-c6ccc7ccccc7c6)c6oc7ccccc7c6n5)c4)cc3)nc3ccccc32)cc1. The first-order chi connectivity index (χ1) is 24.8. The Bertz CT molecular complexity index is 2870. The summed E-state index contributed by atoms with van der Waals surface area (Å²) >= 11 is 0. The summed E-state index contributed by atoms with van der Waals surface area (Å²) in [7, 11) is 0. The molecule has 234 valence electrons. The highest BCUT2D eigenvalue weighted by Crippen LogP contribution is 2.37. The highest BCUT2D eigenvalue weighted by molar-refractivity contribution is 6.07. The van der Waals surface area contributed by atoms with Crippen molar-refractivity contribution in [2.45, 2.75) is 0 Å². The molecule has 0 unspecified atom stereocenters. The molecule has 5 nitrogen and oxygen atoms in total. The number of rotatable bonds is 5. The Balaban J connectivity index is 1.07. The van der Waals surface area contributed by atoms with E-state index in [2.05, 4.69) is 144 Å². The zero-order chi connectivity index (χ0) is 33.0. The van der Waals surface area contributed by atoms with Crippen molar-refractivity contribution < 1.29 is 4.42 Å². The van der Waals surface area contributed by atoms with E-state index in [9.17, 15) is 0 Å². The quantitative estimate of drug-likeness (QED) is 0.188. The van der Waals surface area contributed by atoms with E-state index < -0.39 is 0 Å². The monoisotopic (exact) mass is 640 g/mol. The fraction of sp³-hybridized carbons (Fsp3) is 0. The molecule has 0 N–H and O–H groups in total. The van der Waals surface area contributed by atoms with Gasteiger partial charge in [0.25, 0.3) is 0 Å². The van der Waals surface area contributed by atoms with Gasteiger partial charge in [0.05, 0.1) is 11.0 Å². The molecule has 50 heavy (non-hydrogen) atoms. The number of benzene rings is 7. The molecule has 3 heterocycles. The number of imidazole rings is 1. The lowest BCUT2D eigenvalue weighted by atomic mass is 10.0. The van der Waals surface area contributed by atoms with Gasteiger partial charge >= 0.3 is 0 Å². The zero-order valence-corrected chi connectivity index (χ0v) is 26.9. The van der Waals surface area contributed by atoms with Crippen molar-refractivity contribution in [3.63, 3.8) is 0 Å². The van der Waals surface area contributed by atoms with Crippen molar-refractivity contribution in [3.8, 4) is 50.8 Å². The summed E-state index contributed by atoms with van der Waals surface area (Å²) in [6, 6.07) is 58.6. The predicted octanol–water partition coefficient (Wildman–Crippen LogP) is 11.5. The predicted molar refractivity (Wildman–Crippen MR) is 203 cm³/mol. The summed E-state index contributed by atoms with van der Waals surface area (Å²) in [6.07, 6.45) is 0. The van der Waals surface area contributed by atoms with Crippen molar-refractivity contribution in [1.82, 2.24) is 19.5 Å². The summed E-state index contributed by atoms with van der Waals surface area (Å²) in [5.74, 6) is 1.57. The van der Waals surface area contributed by atoms with E-state index in [-0.39, 0.29) is 0 Å². The van der Waals surface area contributed by atoms with E-state index in [1.54, 1.807) is 0 Å². The minimum atomic E-state index is 0.655. The molecule has 0 aliphatic rings. The molecule has 5 heteroatoms. The van der Waals surface area contributed by atoms with Crippen molar-refractivity contribution in [2.24, 2.45) is 0 Å². The molecule has 0 saturated heterocycles. The lowest BCUT2D eigenvalue weighted by Crippen LogP contribution is -1.97. The second-order valence-corrected chi connectivity index (χ2v) is 12.5. The summed E-state index contributed by atoms with van der Waals surface area (Å²) < 4.78 is 8.63. The largest absolute Gasteiger partial charge is 0.452 e. The van der Waals surface area contributed by atoms with Crippen LogP contribution in [0.1, 0.15) is 0 Å². The molecule has 0 atom stereocenters. The summed E-state index contributed by atoms with van der Waals surface area (Å²) in [6.45, 7) is 0. The number of hydrogen-bond donors (Lipinski definition) is 0. The van der Waals surface area contributed by atoms with Crippen LogP contribution < -0.4 is 0 Å². The Kier molecular flexibility index (Phi) is 6.42. The topological polar surface area (TPSA) is 56.7 Å². The number of para-hydroxylation sites is 4. The van der Waals surface area contributed by atoms with Gasteiger partial charge in [-0.05, 0) is 70.4 Å². The number of nitrogens with zero attached hydrogens (tertiary/aromatic N) is 4. The van der Waals surface area contributed by atoms with E-state index >= 15 is 0 Å². The molecule has 7 aromatic carbocycles. The third kappa shape index (κ3) is 4.67. The molecule has 0 saturated carbocycles. The molecule has 0 amide bonds. The number of fused-ring (bicyclic) bond motifs is 5. The first-order valence-corrected chi connectivity index (χ1v) is 16.7. The van der Waals surface area contributed by atoms with Crippen LogP contribution in [0.5, 0.6) is 0 Å². The standard InChI is InChI=1S/C45H28N4O/c1-2-15-36(16-3-1)49-39-19-8-7-18-38(39)46-45(49)31-24-21-30(22-25-31)33-13-10-14-35(28-33)44-47-41(34-26-23-29-11-4-5-12-32(29)27-34)43-42(48-44)37-17-6-9-20-40(37)50-43/h1-28H. The molecule has 3 aromatic heterocycles. The molecule has 0 bridgehead atoms. The van der Waals surface area contributed by atoms with E-state index in [0.717, 1.165) is 77.9 Å². The minimum absolute atomic E-state index is 0.655. The second-order valence-electron chi connectivity index (χ2n) is 12.5. The van der Waals surface area contributed by atoms with Gasteiger partial charge in [-0.2, -0.15) is 0 Å². The molecule has 10 rings (SSSR count). The molecule has 0 radical (unpaired) electrons. The first-order valence-electron chi connectivity index (χ1n) is 16.7. The van der Waals surface area contributed by atoms with Crippen LogP contribution in [0.25, 0.3) is 94.7 Å². The van der Waals surface area contributed by atoms with Gasteiger partial charge in [0.15, 0.2) is 11.4 Å². The Hall–Kier alpha value is -6.85. The van der Waals surface area contributed by atoms with Gasteiger partial charge in [-0.1, -0.05) is 121 Å². The maximum absolute atomic E-state index is 6.41. The van der Waals surface area contributed by atoms with Crippen molar-refractivity contribution in [2.75, 3.05) is 0 Å². The normalized spacial score (nSPS) is 11.6. The Morgan fingerprint density at radius 2 is 1.18 bits per heavy atom. The van der Waals surface area contributed by atoms with Crippen LogP contribution in [0.15, 0.2) is 174 Å². The number of furan rings is 1. The van der Waals surface area contributed by atoms with Crippen molar-refractivity contribution in [1.29, 1.82) is 0 Å². The van der Waals surface area contributed by atoms with Crippen LogP contribution >= 0.6 is 0 Å². The fourth-order valence-electron chi connectivity index (χ4n) is 6.96. The molecular formula is C45H28N4O. The average molecular weight is 641 g/mol. The van der Waals surface area contributed by atoms with E-state index in [0.29, 0.717) is 11.4 Å². The Labute approximate surface area is 287 Å². The number of hydrogen-bond acceptors (Lipinski definition) is 4. The van der Waals surface area contributed by atoms with Gasteiger partial charge in [-0.3, -0.25) is 4.57 Å². The maximum atomic E-state index is 6.41. The number of aromatic nitrogens is 4. The Morgan fingerprint density at radius 1 is 0.460 bits per heavy atom. The molecule has 10 aromatic rings. The van der Waals surface area contributed by atoms with Crippen LogP contribution in [0.3, 0.4) is 0 Å². The summed E-state index contributed by atoms with van der Waals surface area (Å²) in [4.78, 5) is 15.3. The van der Waals surface area contributed by atoms with Gasteiger partial charge in [0.2, 0.25) is 0 Å². The van der Waals surface area contributed by atoms with E-state index in [1.165, 1.54) is 5.39 Å². The minimum Gasteiger partial charge on any atom is -0.452 e. The molecule has 0 aliphatic carbocycles. The third-order valence-corrected chi connectivity index (χ3v) is 9.42. The summed E-state index contributed by atoms with van der Waals surface area (Å²) in [5, 5.41) is 3.31. The third-order valence-electron chi connectivity index (χ3n) is 9.42. The molecule has 0 fully saturated rings. The molecule has 0 spiro atoms. The van der Waals surface area contributed by atoms with Crippen molar-refractivity contribution >= 4 is 43.9 Å². The average Bonchev–Trinajstić information content (AvgIpc) is 3.77. The molecular weight excluding hydrogens is 613 g/mol. The highest BCUT2D eigenvalue weighted by Gasteiger charge is 2.19. The van der Waals surface area contributed by atoms with Crippen LogP contribution in [0.2, 0.25) is 0 Å². The van der Waals surface area contributed by atoms with Crippen LogP contribution in [-0.4, -0.2) is 19.5 Å². The highest BCUT2D eigenvalue weighted by atomic mass is 16.3. The van der Waals surface area contributed by atoms with E-state index in [1.807, 2.05) is 30.3 Å². The van der Waals surface area contributed by atoms with Gasteiger partial charge in [0.1, 0.15) is 22.6 Å². The zero-order valence-electron chi connectivity index (χ0n) is 26.9. The summed E-state index contributed by atoms with van der Waals surface area (Å²) in [5.41, 5.74) is 11.4. The maximum Gasteiger partial charge on any atom is 0.180 e. The lowest BCUT2D eigenvalue weighted by molar-refractivity contribution is 0.667. The molecule has 0 aliphatic heterocycles. The Morgan fingerprint density at radius 3 is 2.08 bits per heavy atom.